The highest BCUT2D eigenvalue weighted by Crippen LogP contribution is 2.19. The number of hydrogen-bond acceptors (Lipinski definition) is 3. The van der Waals surface area contributed by atoms with Crippen LogP contribution in [0.5, 0.6) is 0 Å². The fourth-order valence-corrected chi connectivity index (χ4v) is 1.92. The van der Waals surface area contributed by atoms with E-state index in [1.807, 2.05) is 30.3 Å². The molecular formula is C13H18N2O3. The van der Waals surface area contributed by atoms with Crippen molar-refractivity contribution in [2.75, 3.05) is 13.7 Å². The molecule has 1 saturated heterocycles. The van der Waals surface area contributed by atoms with E-state index < -0.39 is 0 Å². The maximum Gasteiger partial charge on any atom is 0.223 e. The minimum Gasteiger partial charge on any atom is -0.400 e. The molecule has 1 aliphatic rings. The van der Waals surface area contributed by atoms with Gasteiger partial charge in [-0.05, 0) is 5.56 Å². The molecule has 2 amide bonds. The van der Waals surface area contributed by atoms with Crippen molar-refractivity contribution in [3.63, 3.8) is 0 Å². The second-order valence-electron chi connectivity index (χ2n) is 4.06. The molecule has 1 atom stereocenters. The Morgan fingerprint density at radius 2 is 2.00 bits per heavy atom. The first kappa shape index (κ1) is 14.2. The van der Waals surface area contributed by atoms with Crippen LogP contribution in [0.3, 0.4) is 0 Å². The van der Waals surface area contributed by atoms with Gasteiger partial charge in [-0.1, -0.05) is 30.3 Å². The molecule has 3 N–H and O–H groups in total. The van der Waals surface area contributed by atoms with Gasteiger partial charge in [0.25, 0.3) is 0 Å². The highest BCUT2D eigenvalue weighted by atomic mass is 16.2. The van der Waals surface area contributed by atoms with Gasteiger partial charge in [0.2, 0.25) is 11.8 Å². The molecule has 5 nitrogen and oxygen atoms in total. The van der Waals surface area contributed by atoms with Gasteiger partial charge in [0.15, 0.2) is 0 Å². The number of amides is 2. The number of likely N-dealkylation sites (tertiary alicyclic amines) is 1. The summed E-state index contributed by atoms with van der Waals surface area (Å²) in [5.41, 5.74) is 6.27. The zero-order valence-electron chi connectivity index (χ0n) is 10.4. The molecule has 18 heavy (non-hydrogen) atoms. The first-order valence-corrected chi connectivity index (χ1v) is 5.72. The number of benzene rings is 1. The molecule has 98 valence electrons. The lowest BCUT2D eigenvalue weighted by molar-refractivity contribution is -0.128. The van der Waals surface area contributed by atoms with Crippen LogP contribution in [0.25, 0.3) is 0 Å². The summed E-state index contributed by atoms with van der Waals surface area (Å²) in [5, 5.41) is 7.00. The standard InChI is InChI=1S/C12H14N2O2.CH4O/c13-12(16)10-6-11(15)14(8-10)7-9-4-2-1-3-5-9;1-2/h1-5,10H,6-8H2,(H2,13,16);2H,1H3. The van der Waals surface area contributed by atoms with Crippen LogP contribution in [0.15, 0.2) is 30.3 Å². The summed E-state index contributed by atoms with van der Waals surface area (Å²) in [7, 11) is 1.00. The number of hydrogen-bond donors (Lipinski definition) is 2. The predicted molar refractivity (Wildman–Crippen MR) is 67.3 cm³/mol. The van der Waals surface area contributed by atoms with Crippen molar-refractivity contribution in [1.82, 2.24) is 4.90 Å². The third-order valence-corrected chi connectivity index (χ3v) is 2.83. The fourth-order valence-electron chi connectivity index (χ4n) is 1.92. The van der Waals surface area contributed by atoms with Gasteiger partial charge in [-0.25, -0.2) is 0 Å². The average molecular weight is 250 g/mol. The van der Waals surface area contributed by atoms with E-state index in [1.165, 1.54) is 0 Å². The van der Waals surface area contributed by atoms with Crippen LogP contribution in [0, 0.1) is 5.92 Å². The first-order valence-electron chi connectivity index (χ1n) is 5.72. The number of nitrogens with zero attached hydrogens (tertiary/aromatic N) is 1. The zero-order valence-corrected chi connectivity index (χ0v) is 10.4. The summed E-state index contributed by atoms with van der Waals surface area (Å²) in [5.74, 6) is -0.701. The van der Waals surface area contributed by atoms with Crippen molar-refractivity contribution in [3.05, 3.63) is 35.9 Å². The van der Waals surface area contributed by atoms with Crippen LogP contribution in [0.2, 0.25) is 0 Å². The summed E-state index contributed by atoms with van der Waals surface area (Å²) in [4.78, 5) is 24.3. The van der Waals surface area contributed by atoms with Crippen LogP contribution in [-0.2, 0) is 16.1 Å². The lowest BCUT2D eigenvalue weighted by atomic mass is 10.1. The number of carbonyl (C=O) groups is 2. The summed E-state index contributed by atoms with van der Waals surface area (Å²) < 4.78 is 0. The molecule has 0 bridgehead atoms. The molecule has 5 heteroatoms. The summed E-state index contributed by atoms with van der Waals surface area (Å²) in [6.45, 7) is 1.01. The van der Waals surface area contributed by atoms with E-state index in [1.54, 1.807) is 4.90 Å². The predicted octanol–water partition coefficient (Wildman–Crippen LogP) is 0.129. The van der Waals surface area contributed by atoms with Gasteiger partial charge < -0.3 is 15.7 Å². The SMILES string of the molecule is CO.NC(=O)C1CC(=O)N(Cc2ccccc2)C1. The number of aliphatic hydroxyl groups is 1. The first-order chi connectivity index (χ1) is 8.66. The van der Waals surface area contributed by atoms with Gasteiger partial charge in [0, 0.05) is 26.6 Å². The number of nitrogens with two attached hydrogens (primary N) is 1. The van der Waals surface area contributed by atoms with Crippen LogP contribution in [0.4, 0.5) is 0 Å². The van der Waals surface area contributed by atoms with Crippen molar-refractivity contribution in [2.45, 2.75) is 13.0 Å². The van der Waals surface area contributed by atoms with E-state index in [0.717, 1.165) is 12.7 Å². The second kappa shape index (κ2) is 6.76. The van der Waals surface area contributed by atoms with Gasteiger partial charge in [0.1, 0.15) is 0 Å². The Bertz CT molecular complexity index is 406. The third kappa shape index (κ3) is 3.56. The molecule has 1 unspecified atom stereocenters. The maximum atomic E-state index is 11.6. The molecule has 0 saturated carbocycles. The third-order valence-electron chi connectivity index (χ3n) is 2.83. The van der Waals surface area contributed by atoms with Gasteiger partial charge in [0.05, 0.1) is 5.92 Å². The molecule has 1 aromatic rings. The Hall–Kier alpha value is -1.88. The lowest BCUT2D eigenvalue weighted by Gasteiger charge is -2.15. The van der Waals surface area contributed by atoms with Crippen LogP contribution in [-0.4, -0.2) is 35.5 Å². The molecule has 2 rings (SSSR count). The Kier molecular flexibility index (Phi) is 5.32. The minimum atomic E-state index is -0.385. The van der Waals surface area contributed by atoms with Crippen LogP contribution in [0.1, 0.15) is 12.0 Å². The van der Waals surface area contributed by atoms with Gasteiger partial charge in [-0.3, -0.25) is 9.59 Å². The van der Waals surface area contributed by atoms with E-state index in [2.05, 4.69) is 0 Å². The number of aliphatic hydroxyl groups excluding tert-OH is 1. The molecule has 1 heterocycles. The van der Waals surface area contributed by atoms with Crippen molar-refractivity contribution < 1.29 is 14.7 Å². The number of primary amides is 1. The van der Waals surface area contributed by atoms with Crippen molar-refractivity contribution in [1.29, 1.82) is 0 Å². The molecular weight excluding hydrogens is 232 g/mol. The Labute approximate surface area is 106 Å². The monoisotopic (exact) mass is 250 g/mol. The zero-order chi connectivity index (χ0) is 13.5. The van der Waals surface area contributed by atoms with E-state index >= 15 is 0 Å². The molecule has 0 spiro atoms. The normalized spacial score (nSPS) is 18.2. The summed E-state index contributed by atoms with van der Waals surface area (Å²) in [6.07, 6.45) is 0.252. The van der Waals surface area contributed by atoms with Crippen LogP contribution >= 0.6 is 0 Å². The minimum absolute atomic E-state index is 0.00709. The van der Waals surface area contributed by atoms with Crippen molar-refractivity contribution >= 4 is 11.8 Å². The largest absolute Gasteiger partial charge is 0.400 e. The lowest BCUT2D eigenvalue weighted by Crippen LogP contribution is -2.28. The van der Waals surface area contributed by atoms with Crippen molar-refractivity contribution in [3.8, 4) is 0 Å². The van der Waals surface area contributed by atoms with Crippen LogP contribution < -0.4 is 5.73 Å². The van der Waals surface area contributed by atoms with Gasteiger partial charge in [-0.15, -0.1) is 0 Å². The average Bonchev–Trinajstić information content (AvgIpc) is 2.75. The van der Waals surface area contributed by atoms with E-state index in [9.17, 15) is 9.59 Å². The Balaban J connectivity index is 0.000000771. The quantitative estimate of drug-likeness (QED) is 0.799. The van der Waals surface area contributed by atoms with Crippen molar-refractivity contribution in [2.24, 2.45) is 11.7 Å². The van der Waals surface area contributed by atoms with E-state index in [4.69, 9.17) is 10.8 Å². The summed E-state index contributed by atoms with van der Waals surface area (Å²) >= 11 is 0. The number of rotatable bonds is 3. The molecule has 0 radical (unpaired) electrons. The summed E-state index contributed by atoms with van der Waals surface area (Å²) in [6, 6.07) is 9.72. The topological polar surface area (TPSA) is 83.6 Å². The molecule has 0 aromatic heterocycles. The van der Waals surface area contributed by atoms with E-state index in [-0.39, 0.29) is 24.2 Å². The maximum absolute atomic E-state index is 11.6. The smallest absolute Gasteiger partial charge is 0.223 e. The van der Waals surface area contributed by atoms with Gasteiger partial charge in [-0.2, -0.15) is 0 Å². The van der Waals surface area contributed by atoms with E-state index in [0.29, 0.717) is 13.1 Å². The Morgan fingerprint density at radius 1 is 1.39 bits per heavy atom. The van der Waals surface area contributed by atoms with Gasteiger partial charge >= 0.3 is 0 Å². The highest BCUT2D eigenvalue weighted by Gasteiger charge is 2.32. The fraction of sp³-hybridized carbons (Fsp3) is 0.385. The molecule has 1 fully saturated rings. The number of carbonyl (C=O) groups excluding carboxylic acids is 2. The second-order valence-corrected chi connectivity index (χ2v) is 4.06. The molecule has 1 aliphatic heterocycles. The highest BCUT2D eigenvalue weighted by molar-refractivity contribution is 5.88. The Morgan fingerprint density at radius 3 is 2.50 bits per heavy atom. The molecule has 0 aliphatic carbocycles. The molecule has 1 aromatic carbocycles.